The molecule has 0 aliphatic heterocycles. The van der Waals surface area contributed by atoms with Crippen molar-refractivity contribution < 1.29 is 9.90 Å². The van der Waals surface area contributed by atoms with Crippen LogP contribution in [0, 0.1) is 13.8 Å². The molecule has 0 amide bonds. The van der Waals surface area contributed by atoms with Crippen molar-refractivity contribution in [3.8, 4) is 0 Å². The van der Waals surface area contributed by atoms with Crippen molar-refractivity contribution in [3.05, 3.63) is 26.6 Å². The lowest BCUT2D eigenvalue weighted by Crippen LogP contribution is -2.22. The molecule has 84 valence electrons. The smallest absolute Gasteiger partial charge is 0.262 e. The molecule has 0 saturated heterocycles. The first kappa shape index (κ1) is 10.8. The van der Waals surface area contributed by atoms with E-state index in [9.17, 15) is 14.7 Å². The van der Waals surface area contributed by atoms with Crippen molar-refractivity contribution in [2.24, 2.45) is 7.05 Å². The fourth-order valence-corrected chi connectivity index (χ4v) is 2.61. The monoisotopic (exact) mass is 237 g/mol. The zero-order valence-electron chi connectivity index (χ0n) is 9.03. The standard InChI is InChI=1S/C10H10N2O3S/c1-4-6-8(16-7(4)10(14)15)11-5(2)12(3)9(6)13/h1-3H3,(H,14,15)/p-1. The van der Waals surface area contributed by atoms with Gasteiger partial charge in [0.15, 0.2) is 0 Å². The Balaban J connectivity index is 2.99. The Kier molecular flexibility index (Phi) is 2.31. The van der Waals surface area contributed by atoms with Crippen molar-refractivity contribution in [1.82, 2.24) is 9.55 Å². The van der Waals surface area contributed by atoms with Gasteiger partial charge in [0, 0.05) is 7.05 Å². The molecule has 0 bridgehead atoms. The van der Waals surface area contributed by atoms with Gasteiger partial charge < -0.3 is 9.90 Å². The van der Waals surface area contributed by atoms with Gasteiger partial charge in [-0.2, -0.15) is 0 Å². The van der Waals surface area contributed by atoms with E-state index in [4.69, 9.17) is 0 Å². The van der Waals surface area contributed by atoms with Crippen LogP contribution in [0.2, 0.25) is 0 Å². The molecule has 2 aromatic heterocycles. The summed E-state index contributed by atoms with van der Waals surface area (Å²) in [7, 11) is 1.61. The summed E-state index contributed by atoms with van der Waals surface area (Å²) in [6.07, 6.45) is 0. The summed E-state index contributed by atoms with van der Waals surface area (Å²) in [5.41, 5.74) is 0.219. The molecular formula is C10H9N2O3S-. The maximum absolute atomic E-state index is 11.9. The van der Waals surface area contributed by atoms with Crippen LogP contribution < -0.4 is 10.7 Å². The fraction of sp³-hybridized carbons (Fsp3) is 0.300. The maximum atomic E-state index is 11.9. The van der Waals surface area contributed by atoms with Gasteiger partial charge in [0.2, 0.25) is 0 Å². The molecule has 0 aliphatic rings. The number of carbonyl (C=O) groups is 1. The molecule has 2 rings (SSSR count). The highest BCUT2D eigenvalue weighted by Crippen LogP contribution is 2.26. The molecule has 2 heterocycles. The van der Waals surface area contributed by atoms with E-state index in [0.29, 0.717) is 21.6 Å². The predicted molar refractivity (Wildman–Crippen MR) is 58.7 cm³/mol. The van der Waals surface area contributed by atoms with Gasteiger partial charge >= 0.3 is 0 Å². The van der Waals surface area contributed by atoms with E-state index in [1.165, 1.54) is 4.57 Å². The highest BCUT2D eigenvalue weighted by Gasteiger charge is 2.15. The van der Waals surface area contributed by atoms with Crippen molar-refractivity contribution in [2.45, 2.75) is 13.8 Å². The van der Waals surface area contributed by atoms with E-state index in [-0.39, 0.29) is 10.4 Å². The molecule has 6 heteroatoms. The summed E-state index contributed by atoms with van der Waals surface area (Å²) in [5.74, 6) is -0.705. The van der Waals surface area contributed by atoms with Crippen LogP contribution in [0.3, 0.4) is 0 Å². The van der Waals surface area contributed by atoms with Crippen molar-refractivity contribution in [3.63, 3.8) is 0 Å². The molecule has 0 fully saturated rings. The third-order valence-corrected chi connectivity index (χ3v) is 3.75. The van der Waals surface area contributed by atoms with E-state index in [1.54, 1.807) is 20.9 Å². The lowest BCUT2D eigenvalue weighted by atomic mass is 10.2. The molecule has 0 radical (unpaired) electrons. The number of aryl methyl sites for hydroxylation is 2. The average Bonchev–Trinajstić information content (AvgIpc) is 2.52. The van der Waals surface area contributed by atoms with E-state index < -0.39 is 5.97 Å². The van der Waals surface area contributed by atoms with Gasteiger partial charge in [-0.1, -0.05) is 0 Å². The first-order valence-electron chi connectivity index (χ1n) is 4.61. The van der Waals surface area contributed by atoms with Gasteiger partial charge in [-0.15, -0.1) is 11.3 Å². The molecule has 16 heavy (non-hydrogen) atoms. The minimum Gasteiger partial charge on any atom is -0.544 e. The average molecular weight is 237 g/mol. The first-order chi connectivity index (χ1) is 7.43. The Morgan fingerprint density at radius 2 is 2.06 bits per heavy atom. The van der Waals surface area contributed by atoms with Gasteiger partial charge in [0.25, 0.3) is 5.56 Å². The van der Waals surface area contributed by atoms with Crippen molar-refractivity contribution in [2.75, 3.05) is 0 Å². The number of nitrogens with zero attached hydrogens (tertiary/aromatic N) is 2. The molecule has 0 aromatic carbocycles. The molecule has 0 N–H and O–H groups in total. The number of aromatic carboxylic acids is 1. The Hall–Kier alpha value is -1.69. The molecule has 0 atom stereocenters. The molecule has 0 aliphatic carbocycles. The lowest BCUT2D eigenvalue weighted by Gasteiger charge is -2.02. The Bertz CT molecular complexity index is 654. The number of fused-ring (bicyclic) bond motifs is 1. The van der Waals surface area contributed by atoms with E-state index in [2.05, 4.69) is 4.98 Å². The molecule has 0 unspecified atom stereocenters. The van der Waals surface area contributed by atoms with Crippen LogP contribution in [0.15, 0.2) is 4.79 Å². The Labute approximate surface area is 95.0 Å². The number of hydrogen-bond donors (Lipinski definition) is 0. The quantitative estimate of drug-likeness (QED) is 0.698. The number of thiophene rings is 1. The van der Waals surface area contributed by atoms with E-state index in [0.717, 1.165) is 11.3 Å². The van der Waals surface area contributed by atoms with E-state index >= 15 is 0 Å². The predicted octanol–water partition coefficient (Wildman–Crippen LogP) is -0.0247. The first-order valence-corrected chi connectivity index (χ1v) is 5.43. The fourth-order valence-electron chi connectivity index (χ4n) is 1.56. The van der Waals surface area contributed by atoms with Crippen LogP contribution in [0.4, 0.5) is 0 Å². The number of carboxylic acid groups (broad SMARTS) is 1. The van der Waals surface area contributed by atoms with Crippen LogP contribution in [-0.4, -0.2) is 15.5 Å². The molecule has 5 nitrogen and oxygen atoms in total. The highest BCUT2D eigenvalue weighted by molar-refractivity contribution is 7.20. The second-order valence-electron chi connectivity index (χ2n) is 3.55. The SMILES string of the molecule is Cc1c(C(=O)[O-])sc2nc(C)n(C)c(=O)c12. The summed E-state index contributed by atoms with van der Waals surface area (Å²) in [6, 6.07) is 0. The van der Waals surface area contributed by atoms with Gasteiger partial charge in [0.05, 0.1) is 16.2 Å². The largest absolute Gasteiger partial charge is 0.544 e. The molecular weight excluding hydrogens is 228 g/mol. The summed E-state index contributed by atoms with van der Waals surface area (Å²) in [5, 5.41) is 11.2. The van der Waals surface area contributed by atoms with Gasteiger partial charge in [-0.25, -0.2) is 4.98 Å². The van der Waals surface area contributed by atoms with Crippen molar-refractivity contribution >= 4 is 27.5 Å². The number of carbonyl (C=O) groups excluding carboxylic acids is 1. The van der Waals surface area contributed by atoms with Crippen LogP contribution in [0.25, 0.3) is 10.2 Å². The van der Waals surface area contributed by atoms with Crippen LogP contribution in [0.1, 0.15) is 21.1 Å². The van der Waals surface area contributed by atoms with Gasteiger partial charge in [-0.05, 0) is 19.4 Å². The zero-order valence-corrected chi connectivity index (χ0v) is 9.84. The third kappa shape index (κ3) is 1.34. The minimum atomic E-state index is -1.26. The van der Waals surface area contributed by atoms with Crippen LogP contribution in [0.5, 0.6) is 0 Å². The number of rotatable bonds is 1. The van der Waals surface area contributed by atoms with Crippen molar-refractivity contribution in [1.29, 1.82) is 0 Å². The summed E-state index contributed by atoms with van der Waals surface area (Å²) >= 11 is 0.983. The lowest BCUT2D eigenvalue weighted by molar-refractivity contribution is -0.254. The third-order valence-electron chi connectivity index (χ3n) is 2.58. The second kappa shape index (κ2) is 3.41. The van der Waals surface area contributed by atoms with E-state index in [1.807, 2.05) is 0 Å². The van der Waals surface area contributed by atoms with Crippen LogP contribution in [-0.2, 0) is 7.05 Å². The second-order valence-corrected chi connectivity index (χ2v) is 4.55. The summed E-state index contributed by atoms with van der Waals surface area (Å²) < 4.78 is 1.40. The zero-order chi connectivity index (χ0) is 12.0. The summed E-state index contributed by atoms with van der Waals surface area (Å²) in [4.78, 5) is 27.5. The molecule has 0 saturated carbocycles. The highest BCUT2D eigenvalue weighted by atomic mass is 32.1. The maximum Gasteiger partial charge on any atom is 0.262 e. The topological polar surface area (TPSA) is 75.0 Å². The number of hydrogen-bond acceptors (Lipinski definition) is 5. The molecule has 0 spiro atoms. The minimum absolute atomic E-state index is 0.0743. The Morgan fingerprint density at radius 3 is 2.62 bits per heavy atom. The number of aromatic nitrogens is 2. The molecule has 2 aromatic rings. The van der Waals surface area contributed by atoms with Gasteiger partial charge in [0.1, 0.15) is 10.7 Å². The number of carboxylic acids is 1. The van der Waals surface area contributed by atoms with Crippen LogP contribution >= 0.6 is 11.3 Å². The normalized spacial score (nSPS) is 10.9. The summed E-state index contributed by atoms with van der Waals surface area (Å²) in [6.45, 7) is 3.30. The van der Waals surface area contributed by atoms with Gasteiger partial charge in [-0.3, -0.25) is 9.36 Å². The Morgan fingerprint density at radius 1 is 1.44 bits per heavy atom.